The highest BCUT2D eigenvalue weighted by atomic mass is 35.5. The third-order valence-electron chi connectivity index (χ3n) is 1.90. The summed E-state index contributed by atoms with van der Waals surface area (Å²) in [4.78, 5) is 4.28. The molecule has 0 fully saturated rings. The van der Waals surface area contributed by atoms with Crippen LogP contribution in [-0.2, 0) is 0 Å². The summed E-state index contributed by atoms with van der Waals surface area (Å²) in [6.07, 6.45) is 0. The van der Waals surface area contributed by atoms with E-state index in [9.17, 15) is 5.11 Å². The van der Waals surface area contributed by atoms with E-state index in [0.29, 0.717) is 5.02 Å². The summed E-state index contributed by atoms with van der Waals surface area (Å²) in [6, 6.07) is 7.09. The van der Waals surface area contributed by atoms with Crippen LogP contribution >= 0.6 is 11.6 Å². The van der Waals surface area contributed by atoms with E-state index in [1.54, 1.807) is 12.1 Å². The Bertz CT molecular complexity index is 468. The van der Waals surface area contributed by atoms with Crippen molar-refractivity contribution < 1.29 is 5.11 Å². The molecule has 0 unspecified atom stereocenters. The number of phenols is 1. The zero-order valence-corrected chi connectivity index (χ0v) is 7.84. The summed E-state index contributed by atoms with van der Waals surface area (Å²) in [6.45, 7) is 1.92. The lowest BCUT2D eigenvalue weighted by Crippen LogP contribution is -1.82. The van der Waals surface area contributed by atoms with Gasteiger partial charge in [0.05, 0.1) is 10.5 Å². The lowest BCUT2D eigenvalue weighted by atomic mass is 10.2. The van der Waals surface area contributed by atoms with Gasteiger partial charge in [-0.15, -0.1) is 0 Å². The number of aromatic nitrogens is 1. The number of hydrogen-bond donors (Lipinski definition) is 1. The van der Waals surface area contributed by atoms with E-state index in [1.807, 2.05) is 19.1 Å². The smallest absolute Gasteiger partial charge is 0.134 e. The number of aromatic hydroxyl groups is 1. The van der Waals surface area contributed by atoms with Crippen molar-refractivity contribution in [2.45, 2.75) is 6.92 Å². The molecule has 66 valence electrons. The van der Waals surface area contributed by atoms with Gasteiger partial charge < -0.3 is 5.11 Å². The molecular formula is C10H8ClNO. The zero-order chi connectivity index (χ0) is 9.42. The third-order valence-corrected chi connectivity index (χ3v) is 2.20. The van der Waals surface area contributed by atoms with Crippen LogP contribution in [0, 0.1) is 6.92 Å². The number of aryl methyl sites for hydroxylation is 1. The molecule has 1 aromatic heterocycles. The summed E-state index contributed by atoms with van der Waals surface area (Å²) in [5.74, 6) is 0.0971. The molecule has 0 saturated heterocycles. The average molecular weight is 194 g/mol. The molecule has 2 nitrogen and oxygen atoms in total. The van der Waals surface area contributed by atoms with Gasteiger partial charge in [0.15, 0.2) is 0 Å². The number of benzene rings is 1. The molecule has 0 bridgehead atoms. The minimum absolute atomic E-state index is 0.0971. The van der Waals surface area contributed by atoms with E-state index in [2.05, 4.69) is 4.98 Å². The van der Waals surface area contributed by atoms with E-state index in [0.717, 1.165) is 16.6 Å². The topological polar surface area (TPSA) is 33.1 Å². The van der Waals surface area contributed by atoms with Gasteiger partial charge in [0.2, 0.25) is 0 Å². The first-order valence-electron chi connectivity index (χ1n) is 3.93. The molecule has 0 spiro atoms. The zero-order valence-electron chi connectivity index (χ0n) is 7.08. The Morgan fingerprint density at radius 1 is 1.31 bits per heavy atom. The first-order valence-corrected chi connectivity index (χ1v) is 4.30. The minimum Gasteiger partial charge on any atom is -0.506 e. The summed E-state index contributed by atoms with van der Waals surface area (Å²) >= 11 is 5.75. The maximum absolute atomic E-state index is 9.33. The number of phenolic OH excluding ortho intramolecular Hbond substituents is 1. The van der Waals surface area contributed by atoms with Crippen molar-refractivity contribution in [3.05, 3.63) is 35.0 Å². The van der Waals surface area contributed by atoms with Crippen LogP contribution in [0.1, 0.15) is 5.69 Å². The summed E-state index contributed by atoms with van der Waals surface area (Å²) in [7, 11) is 0. The van der Waals surface area contributed by atoms with Crippen LogP contribution in [-0.4, -0.2) is 10.1 Å². The number of pyridine rings is 1. The van der Waals surface area contributed by atoms with Crippen LogP contribution in [0.5, 0.6) is 5.75 Å². The normalized spacial score (nSPS) is 10.6. The van der Waals surface area contributed by atoms with Crippen LogP contribution in [0.25, 0.3) is 10.9 Å². The quantitative estimate of drug-likeness (QED) is 0.698. The van der Waals surface area contributed by atoms with E-state index < -0.39 is 0 Å². The van der Waals surface area contributed by atoms with Crippen molar-refractivity contribution >= 4 is 22.5 Å². The van der Waals surface area contributed by atoms with Gasteiger partial charge in [-0.25, -0.2) is 0 Å². The van der Waals surface area contributed by atoms with Crippen molar-refractivity contribution in [3.63, 3.8) is 0 Å². The monoisotopic (exact) mass is 193 g/mol. The third kappa shape index (κ3) is 1.45. The van der Waals surface area contributed by atoms with Gasteiger partial charge in [-0.05, 0) is 25.1 Å². The number of halogens is 1. The highest BCUT2D eigenvalue weighted by Crippen LogP contribution is 2.27. The second kappa shape index (κ2) is 2.89. The molecule has 1 aromatic carbocycles. The Morgan fingerprint density at radius 3 is 2.85 bits per heavy atom. The molecule has 2 aromatic rings. The molecule has 0 saturated carbocycles. The molecule has 0 aliphatic carbocycles. The molecule has 0 aliphatic heterocycles. The summed E-state index contributed by atoms with van der Waals surface area (Å²) in [5, 5.41) is 10.6. The van der Waals surface area contributed by atoms with Gasteiger partial charge in [0.1, 0.15) is 5.75 Å². The Hall–Kier alpha value is -1.28. The second-order valence-electron chi connectivity index (χ2n) is 2.95. The molecule has 1 heterocycles. The van der Waals surface area contributed by atoms with Crippen LogP contribution in [0.3, 0.4) is 0 Å². The Morgan fingerprint density at radius 2 is 2.08 bits per heavy atom. The lowest BCUT2D eigenvalue weighted by molar-refractivity contribution is 0.476. The van der Waals surface area contributed by atoms with Crippen LogP contribution in [0.15, 0.2) is 24.3 Å². The number of rotatable bonds is 0. The first kappa shape index (κ1) is 8.32. The van der Waals surface area contributed by atoms with E-state index in [4.69, 9.17) is 11.6 Å². The van der Waals surface area contributed by atoms with Gasteiger partial charge in [-0.3, -0.25) is 4.98 Å². The van der Waals surface area contributed by atoms with Gasteiger partial charge in [0.25, 0.3) is 0 Å². The average Bonchev–Trinajstić information content (AvgIpc) is 2.08. The Kier molecular flexibility index (Phi) is 1.85. The van der Waals surface area contributed by atoms with Gasteiger partial charge in [-0.1, -0.05) is 17.7 Å². The maximum atomic E-state index is 9.33. The Labute approximate surface area is 80.8 Å². The fourth-order valence-electron chi connectivity index (χ4n) is 1.24. The molecule has 3 heteroatoms. The second-order valence-corrected chi connectivity index (χ2v) is 3.36. The highest BCUT2D eigenvalue weighted by Gasteiger charge is 2.01. The summed E-state index contributed by atoms with van der Waals surface area (Å²) < 4.78 is 0. The predicted octanol–water partition coefficient (Wildman–Crippen LogP) is 2.90. The maximum Gasteiger partial charge on any atom is 0.134 e. The molecule has 2 rings (SSSR count). The predicted molar refractivity (Wildman–Crippen MR) is 53.2 cm³/mol. The van der Waals surface area contributed by atoms with Crippen molar-refractivity contribution in [1.82, 2.24) is 4.98 Å². The SMILES string of the molecule is Cc1ccc2cc(O)c(Cl)cc2n1. The molecule has 0 atom stereocenters. The molecule has 0 radical (unpaired) electrons. The van der Waals surface area contributed by atoms with E-state index >= 15 is 0 Å². The fourth-order valence-corrected chi connectivity index (χ4v) is 1.39. The van der Waals surface area contributed by atoms with Crippen LogP contribution in [0.4, 0.5) is 0 Å². The largest absolute Gasteiger partial charge is 0.506 e. The fraction of sp³-hybridized carbons (Fsp3) is 0.100. The van der Waals surface area contributed by atoms with Gasteiger partial charge in [0, 0.05) is 11.1 Å². The van der Waals surface area contributed by atoms with Crippen LogP contribution < -0.4 is 0 Å². The molecule has 13 heavy (non-hydrogen) atoms. The number of hydrogen-bond acceptors (Lipinski definition) is 2. The standard InChI is InChI=1S/C10H8ClNO/c1-6-2-3-7-4-10(13)8(11)5-9(7)12-6/h2-5,13H,1H3. The first-order chi connectivity index (χ1) is 6.16. The number of fused-ring (bicyclic) bond motifs is 1. The molecular weight excluding hydrogens is 186 g/mol. The molecule has 0 amide bonds. The van der Waals surface area contributed by atoms with Gasteiger partial charge in [-0.2, -0.15) is 0 Å². The lowest BCUT2D eigenvalue weighted by Gasteiger charge is -2.01. The Balaban J connectivity index is 2.81. The molecule has 0 aliphatic rings. The molecule has 1 N–H and O–H groups in total. The van der Waals surface area contributed by atoms with Gasteiger partial charge >= 0.3 is 0 Å². The van der Waals surface area contributed by atoms with Crippen molar-refractivity contribution in [1.29, 1.82) is 0 Å². The van der Waals surface area contributed by atoms with E-state index in [1.165, 1.54) is 0 Å². The van der Waals surface area contributed by atoms with E-state index in [-0.39, 0.29) is 5.75 Å². The van der Waals surface area contributed by atoms with Crippen LogP contribution in [0.2, 0.25) is 5.02 Å². The minimum atomic E-state index is 0.0971. The van der Waals surface area contributed by atoms with Crippen molar-refractivity contribution in [2.24, 2.45) is 0 Å². The van der Waals surface area contributed by atoms with Crippen molar-refractivity contribution in [3.8, 4) is 5.75 Å². The number of nitrogens with zero attached hydrogens (tertiary/aromatic N) is 1. The van der Waals surface area contributed by atoms with Crippen molar-refractivity contribution in [2.75, 3.05) is 0 Å². The summed E-state index contributed by atoms with van der Waals surface area (Å²) in [5.41, 5.74) is 1.75. The highest BCUT2D eigenvalue weighted by molar-refractivity contribution is 6.32.